The van der Waals surface area contributed by atoms with Crippen molar-refractivity contribution in [3.05, 3.63) is 0 Å². The van der Waals surface area contributed by atoms with Crippen LogP contribution in [0.25, 0.3) is 0 Å². The van der Waals surface area contributed by atoms with Crippen molar-refractivity contribution in [2.24, 2.45) is 16.7 Å². The summed E-state index contributed by atoms with van der Waals surface area (Å²) in [6.07, 6.45) is 10.1. The molecular formula is C23H44NO3+. The zero-order valence-electron chi connectivity index (χ0n) is 18.8. The molecule has 158 valence electrons. The fourth-order valence-corrected chi connectivity index (χ4v) is 5.19. The lowest BCUT2D eigenvalue weighted by Gasteiger charge is -2.39. The van der Waals surface area contributed by atoms with Crippen molar-refractivity contribution in [2.45, 2.75) is 85.2 Å². The van der Waals surface area contributed by atoms with Gasteiger partial charge in [0.25, 0.3) is 0 Å². The standard InChI is InChI=1S/C23H44NO3/c1-7-8-9-10-11-15-27-21(25)18-24(5,6)14-16-26-20-17-19-12-13-23(20,4)22(19,2)3/h19-20H,7-18H2,1-6H3/q+1/t19-,20+,23-/m1/s1. The topological polar surface area (TPSA) is 35.5 Å². The number of carbonyl (C=O) groups is 1. The molecule has 2 saturated carbocycles. The molecule has 0 radical (unpaired) electrons. The van der Waals surface area contributed by atoms with E-state index in [0.717, 1.165) is 31.9 Å². The molecule has 0 aromatic carbocycles. The second kappa shape index (κ2) is 9.26. The van der Waals surface area contributed by atoms with Crippen LogP contribution >= 0.6 is 0 Å². The molecule has 2 aliphatic rings. The summed E-state index contributed by atoms with van der Waals surface area (Å²) in [5, 5.41) is 0. The zero-order valence-corrected chi connectivity index (χ0v) is 18.8. The maximum atomic E-state index is 12.1. The Hall–Kier alpha value is -0.610. The maximum absolute atomic E-state index is 12.1. The molecule has 3 atom stereocenters. The summed E-state index contributed by atoms with van der Waals surface area (Å²) in [7, 11) is 4.19. The Balaban J connectivity index is 1.64. The third kappa shape index (κ3) is 5.47. The average molecular weight is 383 g/mol. The van der Waals surface area contributed by atoms with Gasteiger partial charge in [0, 0.05) is 0 Å². The van der Waals surface area contributed by atoms with Crippen LogP contribution in [0.1, 0.15) is 79.1 Å². The quantitative estimate of drug-likeness (QED) is 0.276. The first-order valence-corrected chi connectivity index (χ1v) is 11.2. The van der Waals surface area contributed by atoms with Gasteiger partial charge in [0.15, 0.2) is 6.54 Å². The predicted octanol–water partition coefficient (Wildman–Crippen LogP) is 4.81. The number of likely N-dealkylation sites (N-methyl/N-ethyl adjacent to an activating group) is 1. The van der Waals surface area contributed by atoms with Gasteiger partial charge in [-0.15, -0.1) is 0 Å². The molecule has 0 amide bonds. The van der Waals surface area contributed by atoms with E-state index in [2.05, 4.69) is 41.8 Å². The van der Waals surface area contributed by atoms with Gasteiger partial charge in [-0.25, -0.2) is 4.79 Å². The summed E-state index contributed by atoms with van der Waals surface area (Å²) >= 11 is 0. The Morgan fingerprint density at radius 1 is 1.07 bits per heavy atom. The van der Waals surface area contributed by atoms with Crippen LogP contribution in [0.15, 0.2) is 0 Å². The van der Waals surface area contributed by atoms with Crippen LogP contribution in [0.2, 0.25) is 0 Å². The number of rotatable bonds is 12. The monoisotopic (exact) mass is 382 g/mol. The van der Waals surface area contributed by atoms with Gasteiger partial charge in [-0.05, 0) is 42.4 Å². The molecule has 0 N–H and O–H groups in total. The number of hydrogen-bond acceptors (Lipinski definition) is 3. The third-order valence-electron chi connectivity index (χ3n) is 7.80. The third-order valence-corrected chi connectivity index (χ3v) is 7.80. The van der Waals surface area contributed by atoms with E-state index in [1.807, 2.05) is 0 Å². The highest BCUT2D eigenvalue weighted by Gasteiger charge is 2.61. The van der Waals surface area contributed by atoms with Gasteiger partial charge in [0.05, 0.1) is 33.4 Å². The summed E-state index contributed by atoms with van der Waals surface area (Å²) in [5.74, 6) is 0.728. The van der Waals surface area contributed by atoms with Crippen molar-refractivity contribution < 1.29 is 18.8 Å². The molecule has 0 aromatic rings. The summed E-state index contributed by atoms with van der Waals surface area (Å²) in [6.45, 7) is 12.0. The number of nitrogens with zero attached hydrogens (tertiary/aromatic N) is 1. The number of ether oxygens (including phenoxy) is 2. The molecule has 27 heavy (non-hydrogen) atoms. The molecule has 0 unspecified atom stereocenters. The molecular weight excluding hydrogens is 338 g/mol. The zero-order chi connectivity index (χ0) is 20.1. The number of unbranched alkanes of at least 4 members (excludes halogenated alkanes) is 4. The first-order chi connectivity index (χ1) is 12.6. The van der Waals surface area contributed by atoms with E-state index in [1.165, 1.54) is 38.5 Å². The number of fused-ring (bicyclic) bond motifs is 2. The van der Waals surface area contributed by atoms with Gasteiger partial charge in [-0.1, -0.05) is 53.4 Å². The van der Waals surface area contributed by atoms with Crippen LogP contribution in [0.3, 0.4) is 0 Å². The van der Waals surface area contributed by atoms with Gasteiger partial charge in [0.1, 0.15) is 6.54 Å². The molecule has 2 aliphatic carbocycles. The number of carbonyl (C=O) groups excluding carboxylic acids is 1. The Kier molecular flexibility index (Phi) is 7.78. The Labute approximate surface area is 167 Å². The lowest BCUT2D eigenvalue weighted by molar-refractivity contribution is -0.883. The second-order valence-electron chi connectivity index (χ2n) is 10.4. The van der Waals surface area contributed by atoms with Crippen LogP contribution in [-0.4, -0.2) is 57.0 Å². The summed E-state index contributed by atoms with van der Waals surface area (Å²) < 4.78 is 12.4. The predicted molar refractivity (Wildman–Crippen MR) is 111 cm³/mol. The molecule has 2 rings (SSSR count). The van der Waals surface area contributed by atoms with E-state index in [-0.39, 0.29) is 5.97 Å². The fourth-order valence-electron chi connectivity index (χ4n) is 5.19. The summed E-state index contributed by atoms with van der Waals surface area (Å²) in [4.78, 5) is 12.1. The molecule has 0 aliphatic heterocycles. The second-order valence-corrected chi connectivity index (χ2v) is 10.4. The van der Waals surface area contributed by atoms with Crippen molar-refractivity contribution in [1.29, 1.82) is 0 Å². The molecule has 4 nitrogen and oxygen atoms in total. The molecule has 0 heterocycles. The van der Waals surface area contributed by atoms with Crippen LogP contribution in [0.4, 0.5) is 0 Å². The minimum absolute atomic E-state index is 0.0801. The van der Waals surface area contributed by atoms with Crippen LogP contribution in [-0.2, 0) is 14.3 Å². The largest absolute Gasteiger partial charge is 0.462 e. The molecule has 4 heteroatoms. The minimum Gasteiger partial charge on any atom is -0.462 e. The molecule has 2 fully saturated rings. The molecule has 2 bridgehead atoms. The first kappa shape index (κ1) is 22.7. The molecule has 0 spiro atoms. The lowest BCUT2D eigenvalue weighted by atomic mass is 9.70. The van der Waals surface area contributed by atoms with E-state index in [0.29, 0.717) is 34.6 Å². The van der Waals surface area contributed by atoms with E-state index in [4.69, 9.17) is 9.47 Å². The SMILES string of the molecule is CCCCCCCOC(=O)C[N+](C)(C)CCO[C@H]1C[C@H]2CC[C@@]1(C)C2(C)C. The molecule has 0 saturated heterocycles. The average Bonchev–Trinajstić information content (AvgIpc) is 2.91. The highest BCUT2D eigenvalue weighted by atomic mass is 16.5. The number of hydrogen-bond donors (Lipinski definition) is 0. The Bertz CT molecular complexity index is 488. The first-order valence-electron chi connectivity index (χ1n) is 11.2. The van der Waals surface area contributed by atoms with Gasteiger partial charge < -0.3 is 14.0 Å². The van der Waals surface area contributed by atoms with E-state index in [9.17, 15) is 4.79 Å². The smallest absolute Gasteiger partial charge is 0.361 e. The minimum atomic E-state index is -0.0801. The van der Waals surface area contributed by atoms with Gasteiger partial charge >= 0.3 is 5.97 Å². The van der Waals surface area contributed by atoms with Crippen molar-refractivity contribution in [1.82, 2.24) is 0 Å². The highest BCUT2D eigenvalue weighted by molar-refractivity contribution is 5.70. The van der Waals surface area contributed by atoms with Gasteiger partial charge in [0.2, 0.25) is 0 Å². The van der Waals surface area contributed by atoms with Crippen LogP contribution < -0.4 is 0 Å². The fraction of sp³-hybridized carbons (Fsp3) is 0.957. The Morgan fingerprint density at radius 3 is 2.37 bits per heavy atom. The van der Waals surface area contributed by atoms with Crippen molar-refractivity contribution >= 4 is 5.97 Å². The van der Waals surface area contributed by atoms with Crippen molar-refractivity contribution in [2.75, 3.05) is 40.4 Å². The summed E-state index contributed by atoms with van der Waals surface area (Å²) in [6, 6.07) is 0. The van der Waals surface area contributed by atoms with Crippen LogP contribution in [0.5, 0.6) is 0 Å². The Morgan fingerprint density at radius 2 is 1.78 bits per heavy atom. The highest BCUT2D eigenvalue weighted by Crippen LogP contribution is 2.66. The number of quaternary nitrogens is 1. The lowest BCUT2D eigenvalue weighted by Crippen LogP contribution is -2.47. The van der Waals surface area contributed by atoms with E-state index >= 15 is 0 Å². The molecule has 0 aromatic heterocycles. The maximum Gasteiger partial charge on any atom is 0.361 e. The van der Waals surface area contributed by atoms with E-state index in [1.54, 1.807) is 0 Å². The van der Waals surface area contributed by atoms with Crippen LogP contribution in [0, 0.1) is 16.7 Å². The van der Waals surface area contributed by atoms with Crippen molar-refractivity contribution in [3.63, 3.8) is 0 Å². The van der Waals surface area contributed by atoms with Gasteiger partial charge in [-0.2, -0.15) is 0 Å². The number of esters is 1. The van der Waals surface area contributed by atoms with Gasteiger partial charge in [-0.3, -0.25) is 0 Å². The van der Waals surface area contributed by atoms with Crippen molar-refractivity contribution in [3.8, 4) is 0 Å². The van der Waals surface area contributed by atoms with E-state index < -0.39 is 0 Å². The normalized spacial score (nSPS) is 29.3. The summed E-state index contributed by atoms with van der Waals surface area (Å²) in [5.41, 5.74) is 0.703.